The molecule has 3 rings (SSSR count). The topological polar surface area (TPSA) is 93.1 Å². The van der Waals surface area contributed by atoms with Crippen molar-refractivity contribution in [1.29, 1.82) is 0 Å². The lowest BCUT2D eigenvalue weighted by molar-refractivity contribution is -0.115. The number of hydrogen-bond acceptors (Lipinski definition) is 4. The Balaban J connectivity index is 1.72. The molecule has 2 N–H and O–H groups in total. The molecule has 0 aliphatic heterocycles. The molecule has 1 heterocycles. The second kappa shape index (κ2) is 9.11. The van der Waals surface area contributed by atoms with Crippen LogP contribution in [-0.2, 0) is 21.2 Å². The number of amides is 1. The number of carbonyl (C=O) groups is 1. The van der Waals surface area contributed by atoms with E-state index in [-0.39, 0.29) is 18.1 Å². The molecule has 164 valence electrons. The molecule has 0 radical (unpaired) electrons. The van der Waals surface area contributed by atoms with Gasteiger partial charge in [-0.2, -0.15) is 5.10 Å². The van der Waals surface area contributed by atoms with Gasteiger partial charge in [0.05, 0.1) is 23.6 Å². The maximum Gasteiger partial charge on any atom is 0.232 e. The average molecular weight is 461 g/mol. The second-order valence-electron chi connectivity index (χ2n) is 7.30. The zero-order valence-corrected chi connectivity index (χ0v) is 19.4. The third kappa shape index (κ3) is 5.45. The van der Waals surface area contributed by atoms with Gasteiger partial charge in [-0.3, -0.25) is 9.52 Å². The standard InChI is InChI=1S/C22H25ClN4O3S/c1-5-31(29,30)26-18-9-7-17(8-10-18)24-22(28)13-20-15(3)25-27(16(20)4)19-11-6-14(2)21(23)12-19/h6-12,26H,5,13H2,1-4H3,(H,24,28). The summed E-state index contributed by atoms with van der Waals surface area (Å²) < 4.78 is 27.5. The summed E-state index contributed by atoms with van der Waals surface area (Å²) in [6.45, 7) is 7.30. The number of anilines is 2. The minimum atomic E-state index is -3.34. The van der Waals surface area contributed by atoms with Gasteiger partial charge in [0.15, 0.2) is 0 Å². The molecule has 0 bridgehead atoms. The Hall–Kier alpha value is -2.84. The fraction of sp³-hybridized carbons (Fsp3) is 0.273. The Labute approximate surface area is 187 Å². The molecule has 0 saturated carbocycles. The molecule has 9 heteroatoms. The number of aromatic nitrogens is 2. The van der Waals surface area contributed by atoms with Gasteiger partial charge in [0.25, 0.3) is 0 Å². The number of benzene rings is 2. The monoisotopic (exact) mass is 460 g/mol. The smallest absolute Gasteiger partial charge is 0.232 e. The number of aryl methyl sites for hydroxylation is 2. The van der Waals surface area contributed by atoms with Crippen molar-refractivity contribution in [2.24, 2.45) is 0 Å². The summed E-state index contributed by atoms with van der Waals surface area (Å²) in [6.07, 6.45) is 0.168. The third-order valence-electron chi connectivity index (χ3n) is 5.00. The van der Waals surface area contributed by atoms with Gasteiger partial charge < -0.3 is 5.32 Å². The number of sulfonamides is 1. The lowest BCUT2D eigenvalue weighted by Gasteiger charge is -2.09. The van der Waals surface area contributed by atoms with E-state index >= 15 is 0 Å². The molecule has 0 aliphatic carbocycles. The predicted molar refractivity (Wildman–Crippen MR) is 125 cm³/mol. The largest absolute Gasteiger partial charge is 0.326 e. The first-order chi connectivity index (χ1) is 14.6. The summed E-state index contributed by atoms with van der Waals surface area (Å²) in [6, 6.07) is 12.3. The highest BCUT2D eigenvalue weighted by atomic mass is 35.5. The molecule has 0 spiro atoms. The summed E-state index contributed by atoms with van der Waals surface area (Å²) in [4.78, 5) is 12.6. The summed E-state index contributed by atoms with van der Waals surface area (Å²) in [5.41, 5.74) is 5.35. The van der Waals surface area contributed by atoms with Crippen LogP contribution in [0, 0.1) is 20.8 Å². The molecule has 1 aromatic heterocycles. The highest BCUT2D eigenvalue weighted by Crippen LogP contribution is 2.23. The molecule has 0 unspecified atom stereocenters. The molecule has 31 heavy (non-hydrogen) atoms. The van der Waals surface area contributed by atoms with E-state index in [0.29, 0.717) is 16.4 Å². The van der Waals surface area contributed by atoms with Gasteiger partial charge in [0, 0.05) is 27.7 Å². The van der Waals surface area contributed by atoms with Crippen molar-refractivity contribution in [2.45, 2.75) is 34.1 Å². The molecule has 3 aromatic rings. The fourth-order valence-electron chi connectivity index (χ4n) is 3.13. The summed E-state index contributed by atoms with van der Waals surface area (Å²) in [5.74, 6) is -0.193. The van der Waals surface area contributed by atoms with Gasteiger partial charge in [-0.15, -0.1) is 0 Å². The van der Waals surface area contributed by atoms with E-state index in [4.69, 9.17) is 11.6 Å². The minimum absolute atomic E-state index is 0.00728. The number of rotatable bonds is 7. The molecular formula is C22H25ClN4O3S. The summed E-state index contributed by atoms with van der Waals surface area (Å²) >= 11 is 6.25. The Bertz CT molecular complexity index is 1220. The van der Waals surface area contributed by atoms with E-state index in [1.54, 1.807) is 35.9 Å². The molecule has 7 nitrogen and oxygen atoms in total. The Kier molecular flexibility index (Phi) is 6.71. The molecule has 0 fully saturated rings. The summed E-state index contributed by atoms with van der Waals surface area (Å²) in [7, 11) is -3.34. The number of nitrogens with zero attached hydrogens (tertiary/aromatic N) is 2. The maximum atomic E-state index is 12.6. The van der Waals surface area contributed by atoms with Crippen molar-refractivity contribution in [1.82, 2.24) is 9.78 Å². The predicted octanol–water partition coefficient (Wildman–Crippen LogP) is 4.39. The minimum Gasteiger partial charge on any atom is -0.326 e. The van der Waals surface area contributed by atoms with Gasteiger partial charge >= 0.3 is 0 Å². The van der Waals surface area contributed by atoms with Crippen LogP contribution < -0.4 is 10.0 Å². The van der Waals surface area contributed by atoms with Gasteiger partial charge in [-0.05, 0) is 69.7 Å². The van der Waals surface area contributed by atoms with Crippen LogP contribution in [0.3, 0.4) is 0 Å². The zero-order valence-electron chi connectivity index (χ0n) is 17.9. The van der Waals surface area contributed by atoms with Crippen molar-refractivity contribution in [3.05, 3.63) is 70.0 Å². The molecule has 0 aliphatic rings. The second-order valence-corrected chi connectivity index (χ2v) is 9.72. The van der Waals surface area contributed by atoms with Crippen LogP contribution in [-0.4, -0.2) is 29.9 Å². The van der Waals surface area contributed by atoms with Crippen molar-refractivity contribution in [3.8, 4) is 5.69 Å². The molecule has 0 atom stereocenters. The van der Waals surface area contributed by atoms with E-state index in [0.717, 1.165) is 28.2 Å². The first-order valence-corrected chi connectivity index (χ1v) is 11.8. The van der Waals surface area contributed by atoms with Crippen LogP contribution in [0.4, 0.5) is 11.4 Å². The van der Waals surface area contributed by atoms with Crippen LogP contribution in [0.25, 0.3) is 5.69 Å². The van der Waals surface area contributed by atoms with Crippen molar-refractivity contribution >= 4 is 38.9 Å². The zero-order chi connectivity index (χ0) is 22.8. The highest BCUT2D eigenvalue weighted by Gasteiger charge is 2.17. The lowest BCUT2D eigenvalue weighted by atomic mass is 10.1. The Morgan fingerprint density at radius 1 is 1.06 bits per heavy atom. The van der Waals surface area contributed by atoms with Gasteiger partial charge in [0.2, 0.25) is 15.9 Å². The molecule has 2 aromatic carbocycles. The fourth-order valence-corrected chi connectivity index (χ4v) is 3.95. The quantitative estimate of drug-likeness (QED) is 0.546. The van der Waals surface area contributed by atoms with Gasteiger partial charge in [-0.1, -0.05) is 17.7 Å². The first-order valence-electron chi connectivity index (χ1n) is 9.81. The van der Waals surface area contributed by atoms with Gasteiger partial charge in [0.1, 0.15) is 0 Å². The Morgan fingerprint density at radius 2 is 1.71 bits per heavy atom. The number of carbonyl (C=O) groups excluding carboxylic acids is 1. The maximum absolute atomic E-state index is 12.6. The highest BCUT2D eigenvalue weighted by molar-refractivity contribution is 7.92. The van der Waals surface area contributed by atoms with E-state index < -0.39 is 10.0 Å². The van der Waals surface area contributed by atoms with Crippen molar-refractivity contribution < 1.29 is 13.2 Å². The van der Waals surface area contributed by atoms with Crippen molar-refractivity contribution in [3.63, 3.8) is 0 Å². The van der Waals surface area contributed by atoms with Gasteiger partial charge in [-0.25, -0.2) is 13.1 Å². The number of nitrogens with one attached hydrogen (secondary N) is 2. The summed E-state index contributed by atoms with van der Waals surface area (Å²) in [5, 5.41) is 8.08. The molecule has 0 saturated heterocycles. The lowest BCUT2D eigenvalue weighted by Crippen LogP contribution is -2.16. The van der Waals surface area contributed by atoms with Crippen LogP contribution >= 0.6 is 11.6 Å². The molecular weight excluding hydrogens is 436 g/mol. The molecule has 1 amide bonds. The number of hydrogen-bond donors (Lipinski definition) is 2. The third-order valence-corrected chi connectivity index (χ3v) is 6.71. The average Bonchev–Trinajstić information content (AvgIpc) is 2.99. The van der Waals surface area contributed by atoms with E-state index in [1.165, 1.54) is 0 Å². The Morgan fingerprint density at radius 3 is 2.32 bits per heavy atom. The first kappa shape index (κ1) is 22.8. The van der Waals surface area contributed by atoms with Crippen molar-refractivity contribution in [2.75, 3.05) is 15.8 Å². The van der Waals surface area contributed by atoms with E-state index in [2.05, 4.69) is 15.1 Å². The van der Waals surface area contributed by atoms with E-state index in [9.17, 15) is 13.2 Å². The SMILES string of the molecule is CCS(=O)(=O)Nc1ccc(NC(=O)Cc2c(C)nn(-c3ccc(C)c(Cl)c3)c2C)cc1. The van der Waals surface area contributed by atoms with Crippen LogP contribution in [0.5, 0.6) is 0 Å². The number of halogens is 1. The van der Waals surface area contributed by atoms with Crippen LogP contribution in [0.15, 0.2) is 42.5 Å². The van der Waals surface area contributed by atoms with Crippen LogP contribution in [0.1, 0.15) is 29.4 Å². The van der Waals surface area contributed by atoms with Crippen LogP contribution in [0.2, 0.25) is 5.02 Å². The normalized spacial score (nSPS) is 11.4. The van der Waals surface area contributed by atoms with E-state index in [1.807, 2.05) is 39.0 Å².